The molecule has 96 valence electrons. The molecule has 0 saturated carbocycles. The molecular formula is C14H17NO3. The van der Waals surface area contributed by atoms with Crippen molar-refractivity contribution in [1.29, 1.82) is 0 Å². The monoisotopic (exact) mass is 247 g/mol. The van der Waals surface area contributed by atoms with E-state index < -0.39 is 0 Å². The summed E-state index contributed by atoms with van der Waals surface area (Å²) in [6.07, 6.45) is 0.675. The van der Waals surface area contributed by atoms with E-state index >= 15 is 0 Å². The number of cyclic esters (lactones) is 1. The van der Waals surface area contributed by atoms with Crippen molar-refractivity contribution in [2.24, 2.45) is 0 Å². The minimum Gasteiger partial charge on any atom is -0.494 e. The number of hydrogen-bond donors (Lipinski definition) is 1. The van der Waals surface area contributed by atoms with Crippen molar-refractivity contribution >= 4 is 11.7 Å². The van der Waals surface area contributed by atoms with E-state index in [0.717, 1.165) is 22.7 Å². The van der Waals surface area contributed by atoms with Crippen molar-refractivity contribution in [2.75, 3.05) is 18.5 Å². The van der Waals surface area contributed by atoms with Gasteiger partial charge in [0.05, 0.1) is 18.8 Å². The maximum atomic E-state index is 11.4. The number of hydrogen-bond acceptors (Lipinski definition) is 4. The summed E-state index contributed by atoms with van der Waals surface area (Å²) < 4.78 is 10.3. The number of carbonyl (C=O) groups excluding carboxylic acids is 1. The van der Waals surface area contributed by atoms with E-state index in [9.17, 15) is 4.79 Å². The van der Waals surface area contributed by atoms with E-state index in [4.69, 9.17) is 9.47 Å². The number of esters is 1. The van der Waals surface area contributed by atoms with Gasteiger partial charge in [-0.1, -0.05) is 0 Å². The van der Waals surface area contributed by atoms with Gasteiger partial charge in [-0.25, -0.2) is 4.79 Å². The number of ether oxygens (including phenoxy) is 2. The van der Waals surface area contributed by atoms with Gasteiger partial charge in [0.2, 0.25) is 0 Å². The molecule has 0 aromatic heterocycles. The summed E-state index contributed by atoms with van der Waals surface area (Å²) in [5, 5.41) is 3.21. The van der Waals surface area contributed by atoms with Crippen LogP contribution in [0.1, 0.15) is 20.3 Å². The van der Waals surface area contributed by atoms with E-state index in [-0.39, 0.29) is 5.97 Å². The number of benzene rings is 1. The lowest BCUT2D eigenvalue weighted by Gasteiger charge is -2.09. The van der Waals surface area contributed by atoms with Crippen molar-refractivity contribution in [1.82, 2.24) is 0 Å². The lowest BCUT2D eigenvalue weighted by Crippen LogP contribution is -2.04. The van der Waals surface area contributed by atoms with Gasteiger partial charge in [0.15, 0.2) is 0 Å². The highest BCUT2D eigenvalue weighted by atomic mass is 16.5. The molecule has 4 nitrogen and oxygen atoms in total. The first-order valence-electron chi connectivity index (χ1n) is 6.07. The lowest BCUT2D eigenvalue weighted by atomic mass is 10.2. The fourth-order valence-electron chi connectivity index (χ4n) is 1.87. The van der Waals surface area contributed by atoms with Crippen molar-refractivity contribution in [3.63, 3.8) is 0 Å². The minimum atomic E-state index is -0.217. The fourth-order valence-corrected chi connectivity index (χ4v) is 1.87. The first-order valence-corrected chi connectivity index (χ1v) is 6.07. The van der Waals surface area contributed by atoms with E-state index in [1.165, 1.54) is 0 Å². The number of allylic oxidation sites excluding steroid dienone is 1. The van der Waals surface area contributed by atoms with Crippen molar-refractivity contribution in [3.8, 4) is 5.75 Å². The van der Waals surface area contributed by atoms with Crippen molar-refractivity contribution in [2.45, 2.75) is 20.3 Å². The normalized spacial score (nSPS) is 17.3. The smallest absolute Gasteiger partial charge is 0.335 e. The number of rotatable bonds is 4. The summed E-state index contributed by atoms with van der Waals surface area (Å²) in [6.45, 7) is 4.98. The average molecular weight is 247 g/mol. The average Bonchev–Trinajstić information content (AvgIpc) is 2.78. The highest BCUT2D eigenvalue weighted by Crippen LogP contribution is 2.21. The quantitative estimate of drug-likeness (QED) is 0.656. The van der Waals surface area contributed by atoms with Crippen molar-refractivity contribution in [3.05, 3.63) is 35.5 Å². The van der Waals surface area contributed by atoms with Crippen LogP contribution in [0.4, 0.5) is 5.69 Å². The van der Waals surface area contributed by atoms with Crippen LogP contribution in [0.25, 0.3) is 0 Å². The highest BCUT2D eigenvalue weighted by Gasteiger charge is 2.21. The number of carbonyl (C=O) groups is 1. The van der Waals surface area contributed by atoms with Gasteiger partial charge < -0.3 is 14.8 Å². The Bertz CT molecular complexity index is 462. The lowest BCUT2D eigenvalue weighted by molar-refractivity contribution is -0.135. The van der Waals surface area contributed by atoms with Crippen LogP contribution in [0.3, 0.4) is 0 Å². The maximum absolute atomic E-state index is 11.4. The number of anilines is 1. The van der Waals surface area contributed by atoms with Crippen LogP contribution in [0.2, 0.25) is 0 Å². The van der Waals surface area contributed by atoms with E-state index in [0.29, 0.717) is 19.6 Å². The molecule has 1 saturated heterocycles. The maximum Gasteiger partial charge on any atom is 0.335 e. The predicted molar refractivity (Wildman–Crippen MR) is 69.5 cm³/mol. The summed E-state index contributed by atoms with van der Waals surface area (Å²) in [6, 6.07) is 7.65. The molecule has 1 heterocycles. The molecule has 1 aromatic rings. The van der Waals surface area contributed by atoms with Crippen LogP contribution in [0.5, 0.6) is 5.75 Å². The van der Waals surface area contributed by atoms with Gasteiger partial charge in [0.25, 0.3) is 0 Å². The molecule has 2 rings (SSSR count). The first-order chi connectivity index (χ1) is 8.70. The summed E-state index contributed by atoms with van der Waals surface area (Å²) in [7, 11) is 0. The van der Waals surface area contributed by atoms with Crippen molar-refractivity contribution < 1.29 is 14.3 Å². The van der Waals surface area contributed by atoms with Crippen LogP contribution in [0.15, 0.2) is 35.5 Å². The Morgan fingerprint density at radius 1 is 1.39 bits per heavy atom. The second-order valence-electron chi connectivity index (χ2n) is 4.07. The standard InChI is InChI=1S/C14H17NO3/c1-3-17-12-6-4-11(5-7-12)15-10(2)13-8-9-18-14(13)16/h4-7,15H,3,8-9H2,1-2H3. The molecule has 0 unspecified atom stereocenters. The van der Waals surface area contributed by atoms with Crippen LogP contribution in [0, 0.1) is 0 Å². The Labute approximate surface area is 107 Å². The highest BCUT2D eigenvalue weighted by molar-refractivity contribution is 5.91. The zero-order chi connectivity index (χ0) is 13.0. The van der Waals surface area contributed by atoms with Gasteiger partial charge >= 0.3 is 5.97 Å². The van der Waals surface area contributed by atoms with Crippen LogP contribution >= 0.6 is 0 Å². The van der Waals surface area contributed by atoms with Gasteiger partial charge in [0, 0.05) is 17.8 Å². The third-order valence-corrected chi connectivity index (χ3v) is 2.78. The predicted octanol–water partition coefficient (Wildman–Crippen LogP) is 2.72. The van der Waals surface area contributed by atoms with Gasteiger partial charge in [-0.3, -0.25) is 0 Å². The van der Waals surface area contributed by atoms with Crippen LogP contribution in [-0.4, -0.2) is 19.2 Å². The Hall–Kier alpha value is -1.97. The van der Waals surface area contributed by atoms with Gasteiger partial charge in [-0.05, 0) is 38.1 Å². The van der Waals surface area contributed by atoms with Gasteiger partial charge in [-0.2, -0.15) is 0 Å². The summed E-state index contributed by atoms with van der Waals surface area (Å²) in [4.78, 5) is 11.4. The largest absolute Gasteiger partial charge is 0.494 e. The first kappa shape index (κ1) is 12.5. The summed E-state index contributed by atoms with van der Waals surface area (Å²) in [5.74, 6) is 0.625. The van der Waals surface area contributed by atoms with E-state index in [1.807, 2.05) is 38.1 Å². The number of nitrogens with one attached hydrogen (secondary N) is 1. The molecule has 0 spiro atoms. The van der Waals surface area contributed by atoms with E-state index in [1.54, 1.807) is 0 Å². The molecule has 1 aliphatic heterocycles. The zero-order valence-electron chi connectivity index (χ0n) is 10.7. The third kappa shape index (κ3) is 2.83. The Morgan fingerprint density at radius 3 is 2.67 bits per heavy atom. The molecule has 1 aromatic carbocycles. The summed E-state index contributed by atoms with van der Waals surface area (Å²) in [5.41, 5.74) is 2.51. The fraction of sp³-hybridized carbons (Fsp3) is 0.357. The topological polar surface area (TPSA) is 47.6 Å². The SMILES string of the molecule is CCOc1ccc(NC(C)=C2CCOC2=O)cc1. The molecule has 0 atom stereocenters. The molecule has 18 heavy (non-hydrogen) atoms. The Balaban J connectivity index is 2.07. The minimum absolute atomic E-state index is 0.217. The molecule has 1 N–H and O–H groups in total. The zero-order valence-corrected chi connectivity index (χ0v) is 10.7. The Morgan fingerprint density at radius 2 is 2.11 bits per heavy atom. The second kappa shape index (κ2) is 5.58. The van der Waals surface area contributed by atoms with E-state index in [2.05, 4.69) is 5.32 Å². The Kier molecular flexibility index (Phi) is 3.87. The van der Waals surface area contributed by atoms with Gasteiger partial charge in [-0.15, -0.1) is 0 Å². The molecule has 0 amide bonds. The molecule has 4 heteroatoms. The molecule has 0 radical (unpaired) electrons. The van der Waals surface area contributed by atoms with Gasteiger partial charge in [0.1, 0.15) is 5.75 Å². The molecule has 0 aliphatic carbocycles. The van der Waals surface area contributed by atoms with Crippen LogP contribution in [-0.2, 0) is 9.53 Å². The molecular weight excluding hydrogens is 230 g/mol. The molecule has 1 aliphatic rings. The second-order valence-corrected chi connectivity index (χ2v) is 4.07. The van der Waals surface area contributed by atoms with Crippen LogP contribution < -0.4 is 10.1 Å². The molecule has 1 fully saturated rings. The molecule has 0 bridgehead atoms. The summed E-state index contributed by atoms with van der Waals surface area (Å²) >= 11 is 0. The third-order valence-electron chi connectivity index (χ3n) is 2.78.